The van der Waals surface area contributed by atoms with E-state index in [4.69, 9.17) is 11.6 Å². The molecule has 0 aliphatic carbocycles. The van der Waals surface area contributed by atoms with E-state index in [2.05, 4.69) is 0 Å². The zero-order valence-corrected chi connectivity index (χ0v) is 12.9. The molecule has 2 aromatic carbocycles. The lowest BCUT2D eigenvalue weighted by Crippen LogP contribution is -2.32. The summed E-state index contributed by atoms with van der Waals surface area (Å²) in [4.78, 5) is 13.9. The molecule has 2 rings (SSSR count). The highest BCUT2D eigenvalue weighted by Crippen LogP contribution is 2.20. The van der Waals surface area contributed by atoms with Crippen molar-refractivity contribution in [3.63, 3.8) is 0 Å². The van der Waals surface area contributed by atoms with Crippen molar-refractivity contribution >= 4 is 17.5 Å². The summed E-state index contributed by atoms with van der Waals surface area (Å²) in [6.07, 6.45) is -0.116. The topological polar surface area (TPSA) is 20.3 Å². The second-order valence-electron chi connectivity index (χ2n) is 4.91. The Labute approximate surface area is 133 Å². The standard InChI is InChI=1S/C17H16ClF2NO/c1-2-21(11-12-5-3-6-13(19)9-12)17(22)10-14-15(18)7-4-8-16(14)20/h3-9H,2,10-11H2,1H3. The third-order valence-electron chi connectivity index (χ3n) is 3.39. The van der Waals surface area contributed by atoms with E-state index in [1.807, 2.05) is 6.92 Å². The number of hydrogen-bond acceptors (Lipinski definition) is 1. The van der Waals surface area contributed by atoms with Crippen LogP contribution >= 0.6 is 11.6 Å². The quantitative estimate of drug-likeness (QED) is 0.807. The maximum absolute atomic E-state index is 13.8. The van der Waals surface area contributed by atoms with Gasteiger partial charge in [-0.15, -0.1) is 0 Å². The van der Waals surface area contributed by atoms with E-state index in [1.54, 1.807) is 18.2 Å². The normalized spacial score (nSPS) is 10.5. The lowest BCUT2D eigenvalue weighted by molar-refractivity contribution is -0.130. The first-order valence-corrected chi connectivity index (χ1v) is 7.34. The van der Waals surface area contributed by atoms with E-state index in [0.717, 1.165) is 0 Å². The lowest BCUT2D eigenvalue weighted by Gasteiger charge is -2.21. The Morgan fingerprint density at radius 1 is 1.18 bits per heavy atom. The summed E-state index contributed by atoms with van der Waals surface area (Å²) < 4.78 is 27.0. The van der Waals surface area contributed by atoms with Crippen LogP contribution < -0.4 is 0 Å². The van der Waals surface area contributed by atoms with Crippen LogP contribution in [0.25, 0.3) is 0 Å². The molecule has 22 heavy (non-hydrogen) atoms. The van der Waals surface area contributed by atoms with Crippen LogP contribution in [0.4, 0.5) is 8.78 Å². The van der Waals surface area contributed by atoms with Gasteiger partial charge in [-0.25, -0.2) is 8.78 Å². The fraction of sp³-hybridized carbons (Fsp3) is 0.235. The van der Waals surface area contributed by atoms with Crippen LogP contribution in [0, 0.1) is 11.6 Å². The Bertz CT molecular complexity index is 655. The number of benzene rings is 2. The van der Waals surface area contributed by atoms with E-state index >= 15 is 0 Å². The molecule has 0 radical (unpaired) electrons. The van der Waals surface area contributed by atoms with Gasteiger partial charge in [-0.2, -0.15) is 0 Å². The maximum atomic E-state index is 13.8. The Balaban J connectivity index is 2.12. The highest BCUT2D eigenvalue weighted by Gasteiger charge is 2.17. The number of carbonyl (C=O) groups excluding carboxylic acids is 1. The second kappa shape index (κ2) is 7.36. The molecule has 116 valence electrons. The summed E-state index contributed by atoms with van der Waals surface area (Å²) in [7, 11) is 0. The zero-order valence-electron chi connectivity index (χ0n) is 12.2. The molecule has 0 bridgehead atoms. The second-order valence-corrected chi connectivity index (χ2v) is 5.32. The molecule has 0 atom stereocenters. The van der Waals surface area contributed by atoms with E-state index < -0.39 is 5.82 Å². The van der Waals surface area contributed by atoms with Crippen molar-refractivity contribution in [2.24, 2.45) is 0 Å². The zero-order chi connectivity index (χ0) is 16.1. The average molecular weight is 324 g/mol. The summed E-state index contributed by atoms with van der Waals surface area (Å²) in [6, 6.07) is 10.4. The number of amides is 1. The van der Waals surface area contributed by atoms with Crippen molar-refractivity contribution in [1.29, 1.82) is 0 Å². The number of hydrogen-bond donors (Lipinski definition) is 0. The van der Waals surface area contributed by atoms with Crippen LogP contribution in [-0.2, 0) is 17.8 Å². The van der Waals surface area contributed by atoms with Gasteiger partial charge in [0.1, 0.15) is 11.6 Å². The molecule has 0 aliphatic heterocycles. The Kier molecular flexibility index (Phi) is 5.50. The van der Waals surface area contributed by atoms with Gasteiger partial charge in [-0.05, 0) is 36.8 Å². The first-order chi connectivity index (χ1) is 10.5. The Morgan fingerprint density at radius 3 is 2.55 bits per heavy atom. The third-order valence-corrected chi connectivity index (χ3v) is 3.74. The molecule has 1 amide bonds. The maximum Gasteiger partial charge on any atom is 0.227 e. The highest BCUT2D eigenvalue weighted by atomic mass is 35.5. The van der Waals surface area contributed by atoms with Gasteiger partial charge in [-0.3, -0.25) is 4.79 Å². The molecule has 2 nitrogen and oxygen atoms in total. The number of carbonyl (C=O) groups is 1. The number of rotatable bonds is 5. The molecule has 0 fully saturated rings. The van der Waals surface area contributed by atoms with Crippen LogP contribution in [0.15, 0.2) is 42.5 Å². The summed E-state index contributed by atoms with van der Waals surface area (Å²) in [5, 5.41) is 0.232. The predicted octanol–water partition coefficient (Wildman–Crippen LogP) is 4.21. The van der Waals surface area contributed by atoms with Crippen LogP contribution in [0.1, 0.15) is 18.1 Å². The number of nitrogens with zero attached hydrogens (tertiary/aromatic N) is 1. The van der Waals surface area contributed by atoms with E-state index in [9.17, 15) is 13.6 Å². The lowest BCUT2D eigenvalue weighted by atomic mass is 10.1. The van der Waals surface area contributed by atoms with Crippen molar-refractivity contribution in [2.45, 2.75) is 19.9 Å². The summed E-state index contributed by atoms with van der Waals surface area (Å²) in [5.74, 6) is -1.10. The van der Waals surface area contributed by atoms with Crippen molar-refractivity contribution in [3.8, 4) is 0 Å². The van der Waals surface area contributed by atoms with Gasteiger partial charge < -0.3 is 4.90 Å². The Hall–Kier alpha value is -1.94. The van der Waals surface area contributed by atoms with E-state index in [0.29, 0.717) is 12.1 Å². The smallest absolute Gasteiger partial charge is 0.227 e. The molecule has 5 heteroatoms. The number of halogens is 3. The molecule has 0 spiro atoms. The Morgan fingerprint density at radius 2 is 1.91 bits per heavy atom. The van der Waals surface area contributed by atoms with Gasteiger partial charge in [0.2, 0.25) is 5.91 Å². The largest absolute Gasteiger partial charge is 0.338 e. The molecule has 2 aromatic rings. The van der Waals surface area contributed by atoms with Crippen LogP contribution in [0.5, 0.6) is 0 Å². The van der Waals surface area contributed by atoms with Gasteiger partial charge in [0.05, 0.1) is 6.42 Å². The summed E-state index contributed by atoms with van der Waals surface area (Å²) >= 11 is 5.94. The van der Waals surface area contributed by atoms with E-state index in [-0.39, 0.29) is 35.3 Å². The average Bonchev–Trinajstić information content (AvgIpc) is 2.48. The fourth-order valence-electron chi connectivity index (χ4n) is 2.20. The number of likely N-dealkylation sites (N-methyl/N-ethyl adjacent to an activating group) is 1. The predicted molar refractivity (Wildman–Crippen MR) is 82.6 cm³/mol. The van der Waals surface area contributed by atoms with E-state index in [1.165, 1.54) is 29.2 Å². The SMILES string of the molecule is CCN(Cc1cccc(F)c1)C(=O)Cc1c(F)cccc1Cl. The highest BCUT2D eigenvalue weighted by molar-refractivity contribution is 6.31. The van der Waals surface area contributed by atoms with Crippen LogP contribution in [0.3, 0.4) is 0 Å². The molecule has 0 unspecified atom stereocenters. The van der Waals surface area contributed by atoms with Gasteiger partial charge in [0.15, 0.2) is 0 Å². The first-order valence-electron chi connectivity index (χ1n) is 6.96. The molecule has 0 aliphatic rings. The van der Waals surface area contributed by atoms with Crippen molar-refractivity contribution in [1.82, 2.24) is 4.90 Å². The molecule has 0 saturated heterocycles. The van der Waals surface area contributed by atoms with Gasteiger partial charge >= 0.3 is 0 Å². The minimum atomic E-state index is -0.498. The van der Waals surface area contributed by atoms with Gasteiger partial charge in [-0.1, -0.05) is 29.8 Å². The monoisotopic (exact) mass is 323 g/mol. The molecular formula is C17H16ClF2NO. The molecule has 0 heterocycles. The van der Waals surface area contributed by atoms with Crippen molar-refractivity contribution in [2.75, 3.05) is 6.54 Å². The molecule has 0 N–H and O–H groups in total. The summed E-state index contributed by atoms with van der Waals surface area (Å²) in [5.41, 5.74) is 0.877. The van der Waals surface area contributed by atoms with Crippen LogP contribution in [0.2, 0.25) is 5.02 Å². The van der Waals surface area contributed by atoms with Crippen molar-refractivity contribution < 1.29 is 13.6 Å². The third kappa shape index (κ3) is 4.04. The minimum absolute atomic E-state index is 0.116. The van der Waals surface area contributed by atoms with Gasteiger partial charge in [0, 0.05) is 23.7 Å². The van der Waals surface area contributed by atoms with Gasteiger partial charge in [0.25, 0.3) is 0 Å². The summed E-state index contributed by atoms with van der Waals surface area (Å²) in [6.45, 7) is 2.54. The van der Waals surface area contributed by atoms with Crippen LogP contribution in [-0.4, -0.2) is 17.4 Å². The minimum Gasteiger partial charge on any atom is -0.338 e. The fourth-order valence-corrected chi connectivity index (χ4v) is 2.43. The molecular weight excluding hydrogens is 308 g/mol. The first kappa shape index (κ1) is 16.4. The molecule has 0 saturated carbocycles. The van der Waals surface area contributed by atoms with Crippen molar-refractivity contribution in [3.05, 3.63) is 70.2 Å². The molecule has 0 aromatic heterocycles.